The molecule has 1 saturated heterocycles. The van der Waals surface area contributed by atoms with E-state index in [2.05, 4.69) is 6.58 Å². The number of hydrogen-bond donors (Lipinski definition) is 1. The molecule has 0 aliphatic carbocycles. The minimum atomic E-state index is -0.567. The number of methoxy groups -OCH3 is 1. The van der Waals surface area contributed by atoms with E-state index in [1.807, 2.05) is 13.8 Å². The molecule has 1 N–H and O–H groups in total. The van der Waals surface area contributed by atoms with Gasteiger partial charge in [0.2, 0.25) is 0 Å². The predicted octanol–water partition coefficient (Wildman–Crippen LogP) is 1.32. The fourth-order valence-electron chi connectivity index (χ4n) is 1.89. The third-order valence-corrected chi connectivity index (χ3v) is 3.03. The summed E-state index contributed by atoms with van der Waals surface area (Å²) >= 11 is 0. The van der Waals surface area contributed by atoms with Crippen LogP contribution in [0, 0.1) is 5.92 Å². The maximum Gasteiger partial charge on any atom is 0.184 e. The monoisotopic (exact) mass is 186 g/mol. The van der Waals surface area contributed by atoms with Crippen molar-refractivity contribution in [2.24, 2.45) is 5.92 Å². The summed E-state index contributed by atoms with van der Waals surface area (Å²) in [4.78, 5) is 0. The molecule has 3 nitrogen and oxygen atoms in total. The van der Waals surface area contributed by atoms with Crippen LogP contribution in [0.5, 0.6) is 0 Å². The Hall–Kier alpha value is -0.380. The molecule has 3 heteroatoms. The van der Waals surface area contributed by atoms with Gasteiger partial charge in [0, 0.05) is 13.0 Å². The standard InChI is InChI=1S/C10H18O3/c1-5-10(6-2)7(3)8(11)9(12-4)13-10/h5,7-9,11H,1,6H2,2-4H3/t7-,8+,9?,10+/m0/s1. The second-order valence-electron chi connectivity index (χ2n) is 3.51. The van der Waals surface area contributed by atoms with Crippen molar-refractivity contribution in [3.63, 3.8) is 0 Å². The van der Waals surface area contributed by atoms with Crippen LogP contribution in [0.15, 0.2) is 12.7 Å². The maximum absolute atomic E-state index is 9.76. The molecule has 0 aromatic carbocycles. The molecule has 1 unspecified atom stereocenters. The molecule has 13 heavy (non-hydrogen) atoms. The molecule has 1 fully saturated rings. The average molecular weight is 186 g/mol. The molecule has 0 saturated carbocycles. The van der Waals surface area contributed by atoms with Crippen LogP contribution in [0.25, 0.3) is 0 Å². The first-order valence-corrected chi connectivity index (χ1v) is 4.63. The second-order valence-corrected chi connectivity index (χ2v) is 3.51. The number of ether oxygens (including phenoxy) is 2. The van der Waals surface area contributed by atoms with Gasteiger partial charge in [0.1, 0.15) is 6.10 Å². The summed E-state index contributed by atoms with van der Waals surface area (Å²) in [5, 5.41) is 9.76. The van der Waals surface area contributed by atoms with Crippen LogP contribution >= 0.6 is 0 Å². The summed E-state index contributed by atoms with van der Waals surface area (Å²) < 4.78 is 10.7. The zero-order valence-corrected chi connectivity index (χ0v) is 8.49. The number of hydrogen-bond acceptors (Lipinski definition) is 3. The van der Waals surface area contributed by atoms with Gasteiger partial charge in [-0.25, -0.2) is 0 Å². The third-order valence-electron chi connectivity index (χ3n) is 3.03. The maximum atomic E-state index is 9.76. The van der Waals surface area contributed by atoms with Crippen molar-refractivity contribution in [3.05, 3.63) is 12.7 Å². The normalized spacial score (nSPS) is 45.1. The van der Waals surface area contributed by atoms with Crippen LogP contribution in [-0.4, -0.2) is 30.2 Å². The lowest BCUT2D eigenvalue weighted by atomic mass is 9.85. The van der Waals surface area contributed by atoms with Gasteiger partial charge in [-0.1, -0.05) is 19.9 Å². The van der Waals surface area contributed by atoms with Gasteiger partial charge in [-0.2, -0.15) is 0 Å². The van der Waals surface area contributed by atoms with E-state index in [4.69, 9.17) is 9.47 Å². The van der Waals surface area contributed by atoms with E-state index in [0.717, 1.165) is 6.42 Å². The second kappa shape index (κ2) is 3.78. The van der Waals surface area contributed by atoms with Crippen LogP contribution in [0.4, 0.5) is 0 Å². The first-order chi connectivity index (χ1) is 6.11. The zero-order chi connectivity index (χ0) is 10.1. The highest BCUT2D eigenvalue weighted by Gasteiger charge is 2.49. The molecule has 76 valence electrons. The molecule has 1 heterocycles. The zero-order valence-electron chi connectivity index (χ0n) is 8.49. The van der Waals surface area contributed by atoms with E-state index in [-0.39, 0.29) is 5.92 Å². The van der Waals surface area contributed by atoms with Crippen LogP contribution in [-0.2, 0) is 9.47 Å². The molecule has 1 aliphatic heterocycles. The van der Waals surface area contributed by atoms with Crippen molar-refractivity contribution in [1.29, 1.82) is 0 Å². The molecule has 0 amide bonds. The first kappa shape index (κ1) is 10.7. The Morgan fingerprint density at radius 1 is 1.69 bits per heavy atom. The summed E-state index contributed by atoms with van der Waals surface area (Å²) in [5.74, 6) is 0.0277. The smallest absolute Gasteiger partial charge is 0.184 e. The van der Waals surface area contributed by atoms with Crippen molar-refractivity contribution in [2.45, 2.75) is 38.3 Å². The van der Waals surface area contributed by atoms with Gasteiger partial charge in [0.15, 0.2) is 6.29 Å². The molecule has 0 bridgehead atoms. The molecule has 0 aromatic heterocycles. The quantitative estimate of drug-likeness (QED) is 0.676. The van der Waals surface area contributed by atoms with Gasteiger partial charge in [-0.3, -0.25) is 0 Å². The minimum absolute atomic E-state index is 0.0277. The molecular weight excluding hydrogens is 168 g/mol. The number of aliphatic hydroxyl groups is 1. The molecule has 0 spiro atoms. The van der Waals surface area contributed by atoms with Crippen LogP contribution in [0.1, 0.15) is 20.3 Å². The Kier molecular flexibility index (Phi) is 3.11. The average Bonchev–Trinajstić information content (AvgIpc) is 2.42. The van der Waals surface area contributed by atoms with Crippen molar-refractivity contribution < 1.29 is 14.6 Å². The molecule has 4 atom stereocenters. The summed E-state index contributed by atoms with van der Waals surface area (Å²) in [6, 6.07) is 0. The number of rotatable bonds is 3. The predicted molar refractivity (Wildman–Crippen MR) is 50.3 cm³/mol. The molecule has 0 radical (unpaired) electrons. The Balaban J connectivity index is 2.85. The third kappa shape index (κ3) is 1.52. The molecular formula is C10H18O3. The fraction of sp³-hybridized carbons (Fsp3) is 0.800. The van der Waals surface area contributed by atoms with E-state index < -0.39 is 18.0 Å². The Morgan fingerprint density at radius 3 is 2.54 bits per heavy atom. The Morgan fingerprint density at radius 2 is 2.31 bits per heavy atom. The SMILES string of the molecule is C=C[C@]1(CC)OC(OC)[C@H](O)[C@@H]1C. The first-order valence-electron chi connectivity index (χ1n) is 4.63. The van der Waals surface area contributed by atoms with E-state index >= 15 is 0 Å². The van der Waals surface area contributed by atoms with E-state index in [0.29, 0.717) is 0 Å². The van der Waals surface area contributed by atoms with Gasteiger partial charge in [-0.15, -0.1) is 6.58 Å². The van der Waals surface area contributed by atoms with E-state index in [9.17, 15) is 5.11 Å². The topological polar surface area (TPSA) is 38.7 Å². The Labute approximate surface area is 79.3 Å². The fourth-order valence-corrected chi connectivity index (χ4v) is 1.89. The van der Waals surface area contributed by atoms with Crippen molar-refractivity contribution in [1.82, 2.24) is 0 Å². The van der Waals surface area contributed by atoms with Crippen LogP contribution < -0.4 is 0 Å². The van der Waals surface area contributed by atoms with Gasteiger partial charge in [0.25, 0.3) is 0 Å². The van der Waals surface area contributed by atoms with E-state index in [1.165, 1.54) is 7.11 Å². The highest BCUT2D eigenvalue weighted by Crippen LogP contribution is 2.39. The molecule has 1 rings (SSSR count). The van der Waals surface area contributed by atoms with Crippen molar-refractivity contribution in [3.8, 4) is 0 Å². The highest BCUT2D eigenvalue weighted by molar-refractivity contribution is 5.07. The van der Waals surface area contributed by atoms with Crippen molar-refractivity contribution >= 4 is 0 Å². The van der Waals surface area contributed by atoms with Gasteiger partial charge < -0.3 is 14.6 Å². The summed E-state index contributed by atoms with van der Waals surface area (Å²) in [6.07, 6.45) is 1.48. The lowest BCUT2D eigenvalue weighted by Crippen LogP contribution is -2.33. The van der Waals surface area contributed by atoms with Crippen LogP contribution in [0.3, 0.4) is 0 Å². The summed E-state index contributed by atoms with van der Waals surface area (Å²) in [6.45, 7) is 7.72. The Bertz CT molecular complexity index is 193. The van der Waals surface area contributed by atoms with E-state index in [1.54, 1.807) is 6.08 Å². The van der Waals surface area contributed by atoms with Gasteiger partial charge >= 0.3 is 0 Å². The number of aliphatic hydroxyl groups excluding tert-OH is 1. The minimum Gasteiger partial charge on any atom is -0.387 e. The molecule has 0 aromatic rings. The molecule has 1 aliphatic rings. The lowest BCUT2D eigenvalue weighted by molar-refractivity contribution is -0.165. The highest BCUT2D eigenvalue weighted by atomic mass is 16.7. The van der Waals surface area contributed by atoms with Crippen LogP contribution in [0.2, 0.25) is 0 Å². The van der Waals surface area contributed by atoms with Gasteiger partial charge in [-0.05, 0) is 6.42 Å². The summed E-state index contributed by atoms with van der Waals surface area (Å²) in [7, 11) is 1.54. The largest absolute Gasteiger partial charge is 0.387 e. The lowest BCUT2D eigenvalue weighted by Gasteiger charge is -2.27. The van der Waals surface area contributed by atoms with Gasteiger partial charge in [0.05, 0.1) is 5.60 Å². The summed E-state index contributed by atoms with van der Waals surface area (Å²) in [5.41, 5.74) is -0.430. The van der Waals surface area contributed by atoms with Crippen molar-refractivity contribution in [2.75, 3.05) is 7.11 Å².